The van der Waals surface area contributed by atoms with Gasteiger partial charge in [0.05, 0.1) is 0 Å². The molecule has 0 spiro atoms. The van der Waals surface area contributed by atoms with E-state index in [0.717, 1.165) is 23.1 Å². The number of nitrogens with zero attached hydrogens (tertiary/aromatic N) is 3. The monoisotopic (exact) mass is 364 g/mol. The number of aryl methyl sites for hydroxylation is 1. The molecule has 7 heteroatoms. The average Bonchev–Trinajstić information content (AvgIpc) is 3.31. The zero-order chi connectivity index (χ0) is 18.8. The van der Waals surface area contributed by atoms with Crippen LogP contribution in [0.5, 0.6) is 0 Å². The number of benzene rings is 1. The van der Waals surface area contributed by atoms with Gasteiger partial charge >= 0.3 is 0 Å². The highest BCUT2D eigenvalue weighted by Gasteiger charge is 2.17. The zero-order valence-corrected chi connectivity index (χ0v) is 15.4. The minimum atomic E-state index is -0.555. The number of anilines is 3. The molecule has 1 aromatic carbocycles. The van der Waals surface area contributed by atoms with E-state index in [-0.39, 0.29) is 5.56 Å². The summed E-state index contributed by atoms with van der Waals surface area (Å²) in [5, 5.41) is 7.63. The molecule has 0 saturated heterocycles. The molecule has 2 heterocycles. The highest BCUT2D eigenvalue weighted by molar-refractivity contribution is 6.00. The standard InChI is InChI=1S/C20H24N6O/c1-26-10-9-14-16(7-4-8-17(14)26)24-19-15(18(21)27)12-23-20(25-19)22-11-13-5-2-3-6-13/h4,7-10,12-13H,2-3,5-6,11H2,1H3,(H2,21,27)(H2,22,23,24,25). The molecule has 1 aliphatic carbocycles. The van der Waals surface area contributed by atoms with Gasteiger partial charge in [-0.25, -0.2) is 4.98 Å². The van der Waals surface area contributed by atoms with Crippen LogP contribution < -0.4 is 16.4 Å². The van der Waals surface area contributed by atoms with Gasteiger partial charge in [0.25, 0.3) is 5.91 Å². The van der Waals surface area contributed by atoms with Gasteiger partial charge in [0.1, 0.15) is 11.4 Å². The predicted octanol–water partition coefficient (Wildman–Crippen LogP) is 3.41. The van der Waals surface area contributed by atoms with Crippen molar-refractivity contribution in [3.8, 4) is 0 Å². The van der Waals surface area contributed by atoms with E-state index in [9.17, 15) is 4.79 Å². The molecule has 4 rings (SSSR count). The summed E-state index contributed by atoms with van der Waals surface area (Å²) in [6, 6.07) is 8.00. The van der Waals surface area contributed by atoms with Crippen LogP contribution in [0.1, 0.15) is 36.0 Å². The highest BCUT2D eigenvalue weighted by atomic mass is 16.1. The molecule has 0 aliphatic heterocycles. The maximum absolute atomic E-state index is 11.8. The van der Waals surface area contributed by atoms with Crippen LogP contribution in [0, 0.1) is 5.92 Å². The van der Waals surface area contributed by atoms with E-state index < -0.39 is 5.91 Å². The van der Waals surface area contributed by atoms with E-state index >= 15 is 0 Å². The number of nitrogens with two attached hydrogens (primary N) is 1. The third-order valence-corrected chi connectivity index (χ3v) is 5.26. The molecule has 0 bridgehead atoms. The minimum Gasteiger partial charge on any atom is -0.365 e. The molecule has 7 nitrogen and oxygen atoms in total. The Kier molecular flexibility index (Phi) is 4.66. The Hall–Kier alpha value is -3.09. The summed E-state index contributed by atoms with van der Waals surface area (Å²) in [6.07, 6.45) is 8.56. The molecule has 0 unspecified atom stereocenters. The Balaban J connectivity index is 1.62. The van der Waals surface area contributed by atoms with Crippen LogP contribution in [0.3, 0.4) is 0 Å². The Bertz CT molecular complexity index is 974. The predicted molar refractivity (Wildman–Crippen MR) is 107 cm³/mol. The third kappa shape index (κ3) is 3.58. The van der Waals surface area contributed by atoms with E-state index in [1.807, 2.05) is 42.1 Å². The van der Waals surface area contributed by atoms with Crippen molar-refractivity contribution in [2.24, 2.45) is 18.7 Å². The molecule has 1 aliphatic rings. The van der Waals surface area contributed by atoms with Crippen LogP contribution in [0.15, 0.2) is 36.7 Å². The van der Waals surface area contributed by atoms with Crippen LogP contribution in [-0.4, -0.2) is 27.0 Å². The number of carbonyl (C=O) groups excluding carboxylic acids is 1. The minimum absolute atomic E-state index is 0.273. The van der Waals surface area contributed by atoms with Crippen LogP contribution in [0.4, 0.5) is 17.5 Å². The summed E-state index contributed by atoms with van der Waals surface area (Å²) in [5.74, 6) is 1.04. The lowest BCUT2D eigenvalue weighted by Gasteiger charge is -2.14. The maximum atomic E-state index is 11.8. The smallest absolute Gasteiger partial charge is 0.254 e. The van der Waals surface area contributed by atoms with Crippen molar-refractivity contribution in [2.75, 3.05) is 17.2 Å². The molecule has 27 heavy (non-hydrogen) atoms. The van der Waals surface area contributed by atoms with Gasteiger partial charge in [-0.05, 0) is 37.0 Å². The third-order valence-electron chi connectivity index (χ3n) is 5.26. The Morgan fingerprint density at radius 2 is 2.11 bits per heavy atom. The fraction of sp³-hybridized carbons (Fsp3) is 0.350. The number of fused-ring (bicyclic) bond motifs is 1. The van der Waals surface area contributed by atoms with Crippen molar-refractivity contribution in [2.45, 2.75) is 25.7 Å². The zero-order valence-electron chi connectivity index (χ0n) is 15.4. The topological polar surface area (TPSA) is 97.9 Å². The summed E-state index contributed by atoms with van der Waals surface area (Å²) in [7, 11) is 2.00. The van der Waals surface area contributed by atoms with Gasteiger partial charge in [0.2, 0.25) is 5.95 Å². The first-order valence-corrected chi connectivity index (χ1v) is 9.33. The number of hydrogen-bond acceptors (Lipinski definition) is 5. The molecule has 0 atom stereocenters. The molecule has 3 aromatic rings. The Labute approximate surface area is 158 Å². The fourth-order valence-electron chi connectivity index (χ4n) is 3.73. The number of amides is 1. The van der Waals surface area contributed by atoms with Crippen LogP contribution in [-0.2, 0) is 7.05 Å². The highest BCUT2D eigenvalue weighted by Crippen LogP contribution is 2.28. The van der Waals surface area contributed by atoms with E-state index in [2.05, 4.69) is 20.6 Å². The van der Waals surface area contributed by atoms with E-state index in [1.54, 1.807) is 0 Å². The molecular weight excluding hydrogens is 340 g/mol. The number of primary amides is 1. The largest absolute Gasteiger partial charge is 0.365 e. The van der Waals surface area contributed by atoms with Gasteiger partial charge in [-0.1, -0.05) is 18.9 Å². The van der Waals surface area contributed by atoms with Gasteiger partial charge in [0, 0.05) is 42.6 Å². The van der Waals surface area contributed by atoms with Crippen molar-refractivity contribution in [3.05, 3.63) is 42.2 Å². The average molecular weight is 364 g/mol. The molecular formula is C20H24N6O. The summed E-state index contributed by atoms with van der Waals surface area (Å²) in [4.78, 5) is 20.6. The maximum Gasteiger partial charge on any atom is 0.254 e. The quantitative estimate of drug-likeness (QED) is 0.623. The Morgan fingerprint density at radius 3 is 2.89 bits per heavy atom. The van der Waals surface area contributed by atoms with E-state index in [1.165, 1.54) is 31.9 Å². The van der Waals surface area contributed by atoms with Crippen LogP contribution in [0.2, 0.25) is 0 Å². The van der Waals surface area contributed by atoms with Crippen molar-refractivity contribution in [3.63, 3.8) is 0 Å². The normalized spacial score (nSPS) is 14.6. The van der Waals surface area contributed by atoms with Crippen molar-refractivity contribution in [1.82, 2.24) is 14.5 Å². The molecule has 2 aromatic heterocycles. The summed E-state index contributed by atoms with van der Waals surface area (Å²) >= 11 is 0. The molecule has 4 N–H and O–H groups in total. The Morgan fingerprint density at radius 1 is 1.30 bits per heavy atom. The van der Waals surface area contributed by atoms with Crippen LogP contribution in [0.25, 0.3) is 10.9 Å². The first kappa shape index (κ1) is 17.3. The first-order valence-electron chi connectivity index (χ1n) is 9.33. The molecule has 1 amide bonds. The second-order valence-corrected chi connectivity index (χ2v) is 7.14. The fourth-order valence-corrected chi connectivity index (χ4v) is 3.73. The molecule has 0 radical (unpaired) electrons. The SMILES string of the molecule is Cn1ccc2c(Nc3nc(NCC4CCCC4)ncc3C(N)=O)cccc21. The van der Waals surface area contributed by atoms with Gasteiger partial charge in [0.15, 0.2) is 0 Å². The molecule has 1 saturated carbocycles. The number of nitrogens with one attached hydrogen (secondary N) is 2. The lowest BCUT2D eigenvalue weighted by atomic mass is 10.1. The van der Waals surface area contributed by atoms with Gasteiger partial charge in [-0.2, -0.15) is 4.98 Å². The van der Waals surface area contributed by atoms with Crippen molar-refractivity contribution >= 4 is 34.3 Å². The summed E-state index contributed by atoms with van der Waals surface area (Å²) in [6.45, 7) is 0.851. The van der Waals surface area contributed by atoms with Crippen LogP contribution >= 0.6 is 0 Å². The molecule has 1 fully saturated rings. The van der Waals surface area contributed by atoms with Gasteiger partial charge in [-0.3, -0.25) is 4.79 Å². The second kappa shape index (κ2) is 7.26. The van der Waals surface area contributed by atoms with E-state index in [0.29, 0.717) is 17.7 Å². The number of aromatic nitrogens is 3. The first-order chi connectivity index (χ1) is 13.1. The number of rotatable bonds is 6. The van der Waals surface area contributed by atoms with E-state index in [4.69, 9.17) is 5.73 Å². The summed E-state index contributed by atoms with van der Waals surface area (Å²) < 4.78 is 2.05. The number of carbonyl (C=O) groups is 1. The van der Waals surface area contributed by atoms with Gasteiger partial charge in [-0.15, -0.1) is 0 Å². The lowest BCUT2D eigenvalue weighted by Crippen LogP contribution is -2.18. The summed E-state index contributed by atoms with van der Waals surface area (Å²) in [5.41, 5.74) is 7.76. The molecule has 140 valence electrons. The van der Waals surface area contributed by atoms with Crippen molar-refractivity contribution < 1.29 is 4.79 Å². The van der Waals surface area contributed by atoms with Crippen molar-refractivity contribution in [1.29, 1.82) is 0 Å². The van der Waals surface area contributed by atoms with Gasteiger partial charge < -0.3 is 20.9 Å². The second-order valence-electron chi connectivity index (χ2n) is 7.14. The lowest BCUT2D eigenvalue weighted by molar-refractivity contribution is 0.100. The number of hydrogen-bond donors (Lipinski definition) is 3.